The number of aromatic carboxylic acids is 1. The molecule has 2 heterocycles. The molecule has 3 aromatic rings. The van der Waals surface area contributed by atoms with E-state index >= 15 is 0 Å². The van der Waals surface area contributed by atoms with Crippen LogP contribution in [0, 0.1) is 6.92 Å². The molecule has 2 aromatic carbocycles. The second-order valence-corrected chi connectivity index (χ2v) is 8.95. The predicted octanol–water partition coefficient (Wildman–Crippen LogP) is 3.27. The fourth-order valence-electron chi connectivity index (χ4n) is 3.07. The Bertz CT molecular complexity index is 1340. The topological polar surface area (TPSA) is 137 Å². The maximum atomic E-state index is 12.5. The van der Waals surface area contributed by atoms with Gasteiger partial charge in [-0.1, -0.05) is 35.9 Å². The number of carbonyl (C=O) groups excluding carboxylic acids is 1. The number of carboxylic acids is 1. The molecule has 9 nitrogen and oxygen atoms in total. The molecular formula is C23H21N3O6S. The normalized spacial score (nSPS) is 13.9. The molecule has 0 spiro atoms. The molecule has 0 unspecified atom stereocenters. The zero-order valence-corrected chi connectivity index (χ0v) is 18.6. The van der Waals surface area contributed by atoms with Crippen molar-refractivity contribution in [1.82, 2.24) is 9.29 Å². The molecule has 10 heteroatoms. The van der Waals surface area contributed by atoms with Crippen LogP contribution >= 0.6 is 0 Å². The molecule has 0 saturated carbocycles. The number of aromatic nitrogens is 1. The van der Waals surface area contributed by atoms with Crippen molar-refractivity contribution in [2.24, 2.45) is 0 Å². The van der Waals surface area contributed by atoms with Gasteiger partial charge in [-0.25, -0.2) is 18.2 Å². The van der Waals surface area contributed by atoms with E-state index in [9.17, 15) is 23.1 Å². The number of fused-ring (bicyclic) bond motifs is 1. The predicted molar refractivity (Wildman–Crippen MR) is 122 cm³/mol. The van der Waals surface area contributed by atoms with Gasteiger partial charge in [0.15, 0.2) is 11.5 Å². The number of aryl methyl sites for hydroxylation is 1. The van der Waals surface area contributed by atoms with E-state index in [1.807, 2.05) is 13.0 Å². The molecule has 1 aromatic heterocycles. The Hall–Kier alpha value is -4.18. The van der Waals surface area contributed by atoms with Crippen LogP contribution in [-0.2, 0) is 14.8 Å². The number of benzene rings is 2. The first-order valence-corrected chi connectivity index (χ1v) is 11.1. The van der Waals surface area contributed by atoms with Crippen LogP contribution in [0.3, 0.4) is 0 Å². The van der Waals surface area contributed by atoms with Crippen molar-refractivity contribution in [2.75, 3.05) is 12.4 Å². The standard InChI is InChI=1S/C15H13N3O4S.C8H8O2/c1-18-13(15(20)17-12-8-4-5-9-16-12)14(19)10-6-2-3-7-11(10)23(18,21)22;1-6-3-2-4-7(5-6)8(9)10/h2-9,19H,1H3,(H,16,17,20);2-5H,1H3,(H,9,10). The monoisotopic (exact) mass is 467 g/mol. The first kappa shape index (κ1) is 23.5. The van der Waals surface area contributed by atoms with Gasteiger partial charge in [0.05, 0.1) is 10.5 Å². The number of pyridine rings is 1. The lowest BCUT2D eigenvalue weighted by Crippen LogP contribution is -2.37. The summed E-state index contributed by atoms with van der Waals surface area (Å²) in [5.74, 6) is -1.78. The molecule has 1 aliphatic heterocycles. The zero-order valence-electron chi connectivity index (χ0n) is 17.8. The third-order valence-corrected chi connectivity index (χ3v) is 6.52. The number of sulfonamides is 1. The van der Waals surface area contributed by atoms with Crippen molar-refractivity contribution in [3.05, 3.63) is 95.3 Å². The third-order valence-electron chi connectivity index (χ3n) is 4.71. The fraction of sp³-hybridized carbons (Fsp3) is 0.0870. The van der Waals surface area contributed by atoms with Crippen LogP contribution in [0.15, 0.2) is 83.5 Å². The molecule has 33 heavy (non-hydrogen) atoms. The Morgan fingerprint density at radius 2 is 1.70 bits per heavy atom. The molecule has 4 rings (SSSR count). The number of likely N-dealkylation sites (N-methyl/N-ethyl adjacent to an activating group) is 1. The van der Waals surface area contributed by atoms with Crippen LogP contribution in [0.1, 0.15) is 21.5 Å². The molecule has 3 N–H and O–H groups in total. The Morgan fingerprint density at radius 3 is 2.30 bits per heavy atom. The summed E-state index contributed by atoms with van der Waals surface area (Å²) in [6.07, 6.45) is 1.49. The summed E-state index contributed by atoms with van der Waals surface area (Å²) in [6, 6.07) is 17.7. The number of nitrogens with one attached hydrogen (secondary N) is 1. The van der Waals surface area contributed by atoms with E-state index < -0.39 is 27.7 Å². The lowest BCUT2D eigenvalue weighted by atomic mass is 10.1. The van der Waals surface area contributed by atoms with Crippen LogP contribution < -0.4 is 5.32 Å². The number of nitrogens with zero attached hydrogens (tertiary/aromatic N) is 2. The first-order valence-electron chi connectivity index (χ1n) is 9.67. The van der Waals surface area contributed by atoms with Gasteiger partial charge in [-0.2, -0.15) is 0 Å². The van der Waals surface area contributed by atoms with Gasteiger partial charge < -0.3 is 15.5 Å². The number of hydrogen-bond acceptors (Lipinski definition) is 6. The molecule has 1 amide bonds. The van der Waals surface area contributed by atoms with Crippen LogP contribution in [0.5, 0.6) is 0 Å². The van der Waals surface area contributed by atoms with E-state index in [0.717, 1.165) is 9.87 Å². The molecule has 0 atom stereocenters. The van der Waals surface area contributed by atoms with Gasteiger partial charge in [0, 0.05) is 18.8 Å². The van der Waals surface area contributed by atoms with Crippen LogP contribution in [0.4, 0.5) is 5.82 Å². The first-order chi connectivity index (χ1) is 15.6. The van der Waals surface area contributed by atoms with Crippen LogP contribution in [-0.4, -0.2) is 46.8 Å². The average Bonchev–Trinajstić information content (AvgIpc) is 2.79. The Labute approximate surface area is 190 Å². The quantitative estimate of drug-likeness (QED) is 0.538. The van der Waals surface area contributed by atoms with Gasteiger partial charge >= 0.3 is 5.97 Å². The highest BCUT2D eigenvalue weighted by Gasteiger charge is 2.37. The summed E-state index contributed by atoms with van der Waals surface area (Å²) in [4.78, 5) is 26.7. The zero-order chi connectivity index (χ0) is 24.2. The minimum absolute atomic E-state index is 0.0469. The number of carbonyl (C=O) groups is 2. The SMILES string of the molecule is CN1C(C(=O)Nc2ccccn2)=C(O)c2ccccc2S1(=O)=O.Cc1cccc(C(=O)O)c1. The van der Waals surface area contributed by atoms with E-state index in [1.165, 1.54) is 25.4 Å². The van der Waals surface area contributed by atoms with Crippen LogP contribution in [0.25, 0.3) is 5.76 Å². The Balaban J connectivity index is 0.000000257. The number of rotatable bonds is 3. The van der Waals surface area contributed by atoms with Gasteiger partial charge in [0.25, 0.3) is 15.9 Å². The number of hydrogen-bond donors (Lipinski definition) is 3. The maximum Gasteiger partial charge on any atom is 0.335 e. The molecule has 0 saturated heterocycles. The minimum atomic E-state index is -3.91. The smallest absolute Gasteiger partial charge is 0.335 e. The summed E-state index contributed by atoms with van der Waals surface area (Å²) in [5.41, 5.74) is 1.06. The molecule has 0 aliphatic carbocycles. The Morgan fingerprint density at radius 1 is 1.00 bits per heavy atom. The number of anilines is 1. The second-order valence-electron chi connectivity index (χ2n) is 7.01. The van der Waals surface area contributed by atoms with Gasteiger partial charge in [0.2, 0.25) is 0 Å². The van der Waals surface area contributed by atoms with Crippen molar-refractivity contribution in [3.8, 4) is 0 Å². The van der Waals surface area contributed by atoms with E-state index in [4.69, 9.17) is 5.11 Å². The lowest BCUT2D eigenvalue weighted by molar-refractivity contribution is -0.113. The number of carboxylic acid groups (broad SMARTS) is 1. The van der Waals surface area contributed by atoms with E-state index in [0.29, 0.717) is 5.56 Å². The van der Waals surface area contributed by atoms with Crippen molar-refractivity contribution in [1.29, 1.82) is 0 Å². The summed E-state index contributed by atoms with van der Waals surface area (Å²) in [6.45, 7) is 1.87. The number of aliphatic hydroxyl groups excluding tert-OH is 1. The average molecular weight is 468 g/mol. The second kappa shape index (κ2) is 9.53. The summed E-state index contributed by atoms with van der Waals surface area (Å²) < 4.78 is 25.8. The van der Waals surface area contributed by atoms with Crippen LogP contribution in [0.2, 0.25) is 0 Å². The minimum Gasteiger partial charge on any atom is -0.505 e. The largest absolute Gasteiger partial charge is 0.505 e. The van der Waals surface area contributed by atoms with Gasteiger partial charge in [-0.3, -0.25) is 9.10 Å². The van der Waals surface area contributed by atoms with E-state index in [1.54, 1.807) is 48.5 Å². The van der Waals surface area contributed by atoms with Crippen molar-refractivity contribution >= 4 is 33.5 Å². The Kier molecular flexibility index (Phi) is 6.78. The summed E-state index contributed by atoms with van der Waals surface area (Å²) >= 11 is 0. The fourth-order valence-corrected chi connectivity index (χ4v) is 4.47. The molecule has 170 valence electrons. The molecule has 0 fully saturated rings. The molecule has 0 bridgehead atoms. The van der Waals surface area contributed by atoms with Gasteiger partial charge in [-0.05, 0) is 43.3 Å². The molecular weight excluding hydrogens is 446 g/mol. The number of amides is 1. The van der Waals surface area contributed by atoms with Crippen molar-refractivity contribution in [2.45, 2.75) is 11.8 Å². The van der Waals surface area contributed by atoms with Crippen molar-refractivity contribution in [3.63, 3.8) is 0 Å². The molecule has 1 aliphatic rings. The van der Waals surface area contributed by atoms with Crippen molar-refractivity contribution < 1.29 is 28.2 Å². The highest BCUT2D eigenvalue weighted by atomic mass is 32.2. The summed E-state index contributed by atoms with van der Waals surface area (Å²) in [7, 11) is -2.69. The van der Waals surface area contributed by atoms with Gasteiger partial charge in [-0.15, -0.1) is 0 Å². The van der Waals surface area contributed by atoms with E-state index in [2.05, 4.69) is 10.3 Å². The highest BCUT2D eigenvalue weighted by molar-refractivity contribution is 7.89. The lowest BCUT2D eigenvalue weighted by Gasteiger charge is -2.28. The number of aliphatic hydroxyl groups is 1. The molecule has 0 radical (unpaired) electrons. The maximum absolute atomic E-state index is 12.5. The summed E-state index contributed by atoms with van der Waals surface area (Å²) in [5, 5.41) is 21.3. The third kappa shape index (κ3) is 5.01. The van der Waals surface area contributed by atoms with E-state index in [-0.39, 0.29) is 22.0 Å². The highest BCUT2D eigenvalue weighted by Crippen LogP contribution is 2.34. The van der Waals surface area contributed by atoms with Gasteiger partial charge in [0.1, 0.15) is 5.82 Å².